The third-order valence-corrected chi connectivity index (χ3v) is 5.54. The Bertz CT molecular complexity index is 865. The fourth-order valence-electron chi connectivity index (χ4n) is 3.23. The van der Waals surface area contributed by atoms with Crippen molar-refractivity contribution >= 4 is 34.6 Å². The minimum Gasteiger partial charge on any atom is -0.349 e. The van der Waals surface area contributed by atoms with Gasteiger partial charge in [-0.25, -0.2) is 4.99 Å². The van der Waals surface area contributed by atoms with Crippen molar-refractivity contribution in [2.75, 3.05) is 6.54 Å². The topological polar surface area (TPSA) is 37.6 Å². The Morgan fingerprint density at radius 2 is 1.88 bits per heavy atom. The summed E-state index contributed by atoms with van der Waals surface area (Å²) < 4.78 is 2.26. The zero-order chi connectivity index (χ0) is 18.7. The summed E-state index contributed by atoms with van der Waals surface area (Å²) in [6.07, 6.45) is 2.91. The molecule has 0 spiro atoms. The zero-order valence-corrected chi connectivity index (χ0v) is 16.6. The predicted octanol–water partition coefficient (Wildman–Crippen LogP) is 5.14. The monoisotopic (exact) mass is 367 g/mol. The van der Waals surface area contributed by atoms with E-state index in [0.29, 0.717) is 6.54 Å². The maximum absolute atomic E-state index is 12.9. The number of rotatable bonds is 5. The maximum Gasteiger partial charge on any atom is 0.266 e. The van der Waals surface area contributed by atoms with Crippen molar-refractivity contribution < 1.29 is 4.79 Å². The molecule has 1 aliphatic heterocycles. The van der Waals surface area contributed by atoms with Gasteiger partial charge in [-0.3, -0.25) is 9.69 Å². The molecule has 0 N–H and O–H groups in total. The van der Waals surface area contributed by atoms with Gasteiger partial charge >= 0.3 is 0 Å². The number of hydrogen-bond acceptors (Lipinski definition) is 3. The first-order valence-electron chi connectivity index (χ1n) is 9.07. The molecule has 0 unspecified atom stereocenters. The Hall–Kier alpha value is -2.27. The molecule has 2 heterocycles. The number of carbonyl (C=O) groups excluding carboxylic acids is 1. The van der Waals surface area contributed by atoms with E-state index in [1.165, 1.54) is 23.1 Å². The van der Waals surface area contributed by atoms with E-state index in [2.05, 4.69) is 38.3 Å². The quantitative estimate of drug-likeness (QED) is 0.686. The number of carbonyl (C=O) groups is 1. The van der Waals surface area contributed by atoms with Gasteiger partial charge in [-0.2, -0.15) is 0 Å². The molecule has 0 saturated carbocycles. The molecule has 1 amide bonds. The van der Waals surface area contributed by atoms with Gasteiger partial charge in [0.1, 0.15) is 0 Å². The largest absolute Gasteiger partial charge is 0.349 e. The highest BCUT2D eigenvalue weighted by Gasteiger charge is 2.33. The minimum absolute atomic E-state index is 0.0489. The summed E-state index contributed by atoms with van der Waals surface area (Å²) >= 11 is 1.47. The Balaban J connectivity index is 1.97. The highest BCUT2D eigenvalue weighted by molar-refractivity contribution is 8.18. The Labute approximate surface area is 159 Å². The molecule has 5 heteroatoms. The van der Waals surface area contributed by atoms with Crippen molar-refractivity contribution in [2.24, 2.45) is 4.99 Å². The molecule has 1 saturated heterocycles. The lowest BCUT2D eigenvalue weighted by atomic mass is 10.2. The van der Waals surface area contributed by atoms with Gasteiger partial charge in [0.15, 0.2) is 5.17 Å². The summed E-state index contributed by atoms with van der Waals surface area (Å²) in [7, 11) is 0. The van der Waals surface area contributed by atoms with Gasteiger partial charge in [0.2, 0.25) is 0 Å². The average molecular weight is 368 g/mol. The van der Waals surface area contributed by atoms with Gasteiger partial charge in [0.05, 0.1) is 10.6 Å². The number of aryl methyl sites for hydroxylation is 1. The molecule has 26 heavy (non-hydrogen) atoms. The van der Waals surface area contributed by atoms with E-state index in [1.807, 2.05) is 36.4 Å². The third kappa shape index (κ3) is 3.63. The first kappa shape index (κ1) is 18.5. The number of benzene rings is 1. The molecule has 0 atom stereocenters. The molecule has 1 aliphatic rings. The van der Waals surface area contributed by atoms with E-state index in [0.717, 1.165) is 34.3 Å². The average Bonchev–Trinajstić information content (AvgIpc) is 3.06. The van der Waals surface area contributed by atoms with Gasteiger partial charge in [-0.15, -0.1) is 0 Å². The minimum atomic E-state index is 0.0489. The SMILES string of the molecule is CCCN1C(=O)/C(=C/c2cc(C)n(CC)c2C)SC1=Nc1ccccc1. The fourth-order valence-corrected chi connectivity index (χ4v) is 4.24. The van der Waals surface area contributed by atoms with E-state index in [-0.39, 0.29) is 5.91 Å². The van der Waals surface area contributed by atoms with Crippen LogP contribution in [-0.2, 0) is 11.3 Å². The fraction of sp³-hybridized carbons (Fsp3) is 0.333. The van der Waals surface area contributed by atoms with Crippen LogP contribution in [0.5, 0.6) is 0 Å². The van der Waals surface area contributed by atoms with Crippen molar-refractivity contribution in [1.82, 2.24) is 9.47 Å². The van der Waals surface area contributed by atoms with Crippen LogP contribution in [0, 0.1) is 13.8 Å². The van der Waals surface area contributed by atoms with Crippen molar-refractivity contribution in [3.8, 4) is 0 Å². The van der Waals surface area contributed by atoms with Crippen LogP contribution in [0.1, 0.15) is 37.2 Å². The first-order chi connectivity index (χ1) is 12.5. The van der Waals surface area contributed by atoms with Gasteiger partial charge in [0.25, 0.3) is 5.91 Å². The molecule has 3 rings (SSSR count). The van der Waals surface area contributed by atoms with Crippen LogP contribution >= 0.6 is 11.8 Å². The molecule has 1 fully saturated rings. The number of hydrogen-bond donors (Lipinski definition) is 0. The number of nitrogens with zero attached hydrogens (tertiary/aromatic N) is 3. The molecule has 1 aromatic heterocycles. The van der Waals surface area contributed by atoms with Crippen LogP contribution in [0.15, 0.2) is 46.3 Å². The summed E-state index contributed by atoms with van der Waals surface area (Å²) in [5.41, 5.74) is 4.39. The summed E-state index contributed by atoms with van der Waals surface area (Å²) in [4.78, 5) is 20.2. The molecule has 1 aromatic carbocycles. The molecular weight excluding hydrogens is 342 g/mol. The Morgan fingerprint density at radius 1 is 1.15 bits per heavy atom. The summed E-state index contributed by atoms with van der Waals surface area (Å²) in [5.74, 6) is 0.0489. The van der Waals surface area contributed by atoms with E-state index in [4.69, 9.17) is 4.99 Å². The van der Waals surface area contributed by atoms with Crippen LogP contribution in [0.3, 0.4) is 0 Å². The summed E-state index contributed by atoms with van der Waals surface area (Å²) in [6.45, 7) is 10.0. The number of thioether (sulfide) groups is 1. The molecule has 4 nitrogen and oxygen atoms in total. The highest BCUT2D eigenvalue weighted by atomic mass is 32.2. The van der Waals surface area contributed by atoms with Crippen LogP contribution in [0.25, 0.3) is 6.08 Å². The van der Waals surface area contributed by atoms with Crippen LogP contribution in [0.2, 0.25) is 0 Å². The standard InChI is InChI=1S/C21H25N3OS/c1-5-12-24-20(25)19(14-17-13-15(3)23(6-2)16(17)4)26-21(24)22-18-10-8-7-9-11-18/h7-11,13-14H,5-6,12H2,1-4H3/b19-14-,22-21?. The lowest BCUT2D eigenvalue weighted by Crippen LogP contribution is -2.29. The molecule has 2 aromatic rings. The lowest BCUT2D eigenvalue weighted by Gasteiger charge is -2.13. The zero-order valence-electron chi connectivity index (χ0n) is 15.8. The molecule has 0 radical (unpaired) electrons. The number of amidine groups is 1. The van der Waals surface area contributed by atoms with Crippen LogP contribution in [-0.4, -0.2) is 27.1 Å². The van der Waals surface area contributed by atoms with E-state index < -0.39 is 0 Å². The third-order valence-electron chi connectivity index (χ3n) is 4.53. The number of para-hydroxylation sites is 1. The second-order valence-corrected chi connectivity index (χ2v) is 7.38. The maximum atomic E-state index is 12.9. The van der Waals surface area contributed by atoms with Crippen molar-refractivity contribution in [1.29, 1.82) is 0 Å². The van der Waals surface area contributed by atoms with Gasteiger partial charge in [0, 0.05) is 24.5 Å². The second kappa shape index (κ2) is 7.96. The van der Waals surface area contributed by atoms with E-state index >= 15 is 0 Å². The molecule has 0 bridgehead atoms. The molecule has 0 aliphatic carbocycles. The first-order valence-corrected chi connectivity index (χ1v) is 9.88. The predicted molar refractivity (Wildman–Crippen MR) is 111 cm³/mol. The van der Waals surface area contributed by atoms with E-state index in [9.17, 15) is 4.79 Å². The lowest BCUT2D eigenvalue weighted by molar-refractivity contribution is -0.122. The van der Waals surface area contributed by atoms with Gasteiger partial charge in [-0.1, -0.05) is 25.1 Å². The number of amides is 1. The van der Waals surface area contributed by atoms with Gasteiger partial charge < -0.3 is 4.57 Å². The van der Waals surface area contributed by atoms with E-state index in [1.54, 1.807) is 4.90 Å². The number of aromatic nitrogens is 1. The Morgan fingerprint density at radius 3 is 2.50 bits per heavy atom. The molecular formula is C21H25N3OS. The Kier molecular flexibility index (Phi) is 5.67. The summed E-state index contributed by atoms with van der Waals surface area (Å²) in [6, 6.07) is 12.0. The van der Waals surface area contributed by atoms with Crippen LogP contribution < -0.4 is 0 Å². The summed E-state index contributed by atoms with van der Waals surface area (Å²) in [5, 5.41) is 0.763. The normalized spacial score (nSPS) is 17.7. The van der Waals surface area contributed by atoms with Crippen molar-refractivity contribution in [3.05, 3.63) is 58.3 Å². The molecule has 136 valence electrons. The van der Waals surface area contributed by atoms with Gasteiger partial charge in [-0.05, 0) is 68.8 Å². The van der Waals surface area contributed by atoms with Crippen molar-refractivity contribution in [2.45, 2.75) is 40.7 Å². The van der Waals surface area contributed by atoms with Crippen molar-refractivity contribution in [3.63, 3.8) is 0 Å². The second-order valence-electron chi connectivity index (χ2n) is 6.37. The smallest absolute Gasteiger partial charge is 0.266 e. The van der Waals surface area contributed by atoms with Crippen LogP contribution in [0.4, 0.5) is 5.69 Å². The number of aliphatic imine (C=N–C) groups is 1. The highest BCUT2D eigenvalue weighted by Crippen LogP contribution is 2.35.